The highest BCUT2D eigenvalue weighted by molar-refractivity contribution is 7.09. The molecule has 0 bridgehead atoms. The summed E-state index contributed by atoms with van der Waals surface area (Å²) < 4.78 is 11.3. The molecular formula is C22H28N2O3S. The van der Waals surface area contributed by atoms with Crippen molar-refractivity contribution in [2.24, 2.45) is 0 Å². The summed E-state index contributed by atoms with van der Waals surface area (Å²) in [5.74, 6) is 1.05. The van der Waals surface area contributed by atoms with Gasteiger partial charge in [-0.05, 0) is 37.5 Å². The summed E-state index contributed by atoms with van der Waals surface area (Å²) in [6.45, 7) is 4.08. The summed E-state index contributed by atoms with van der Waals surface area (Å²) in [6, 6.07) is 8.52. The van der Waals surface area contributed by atoms with E-state index in [1.165, 1.54) is 12.8 Å². The SMILES string of the molecule is Cc1nc(CC(=O)N(Cc2ccc(OC3CCOC3)cc2)C2CCCC2)cs1. The van der Waals surface area contributed by atoms with Crippen molar-refractivity contribution in [3.8, 4) is 5.75 Å². The minimum atomic E-state index is 0.156. The molecule has 1 atom stereocenters. The molecule has 0 radical (unpaired) electrons. The summed E-state index contributed by atoms with van der Waals surface area (Å²) in [5.41, 5.74) is 2.03. The number of carbonyl (C=O) groups is 1. The molecule has 2 aromatic rings. The average molecular weight is 401 g/mol. The Balaban J connectivity index is 1.42. The second kappa shape index (κ2) is 9.05. The molecule has 1 amide bonds. The first-order valence-electron chi connectivity index (χ1n) is 10.2. The Labute approximate surface area is 170 Å². The minimum absolute atomic E-state index is 0.156. The number of rotatable bonds is 7. The van der Waals surface area contributed by atoms with Gasteiger partial charge in [-0.1, -0.05) is 25.0 Å². The molecule has 1 saturated heterocycles. The van der Waals surface area contributed by atoms with Gasteiger partial charge in [0.25, 0.3) is 0 Å². The van der Waals surface area contributed by atoms with Crippen LogP contribution in [0.25, 0.3) is 0 Å². The molecule has 1 aromatic carbocycles. The van der Waals surface area contributed by atoms with Gasteiger partial charge < -0.3 is 14.4 Å². The summed E-state index contributed by atoms with van der Waals surface area (Å²) >= 11 is 1.60. The first kappa shape index (κ1) is 19.4. The van der Waals surface area contributed by atoms with Crippen LogP contribution in [0.4, 0.5) is 0 Å². The van der Waals surface area contributed by atoms with Gasteiger partial charge in [-0.2, -0.15) is 0 Å². The molecule has 1 unspecified atom stereocenters. The number of hydrogen-bond acceptors (Lipinski definition) is 5. The molecule has 2 fully saturated rings. The maximum absolute atomic E-state index is 13.1. The summed E-state index contributed by atoms with van der Waals surface area (Å²) in [7, 11) is 0. The van der Waals surface area contributed by atoms with Gasteiger partial charge in [0.15, 0.2) is 0 Å². The van der Waals surface area contributed by atoms with E-state index >= 15 is 0 Å². The topological polar surface area (TPSA) is 51.7 Å². The van der Waals surface area contributed by atoms with Crippen molar-refractivity contribution < 1.29 is 14.3 Å². The van der Waals surface area contributed by atoms with Crippen LogP contribution in [0.3, 0.4) is 0 Å². The molecule has 5 nitrogen and oxygen atoms in total. The van der Waals surface area contributed by atoms with Crippen molar-refractivity contribution in [2.75, 3.05) is 13.2 Å². The van der Waals surface area contributed by atoms with E-state index in [-0.39, 0.29) is 12.0 Å². The van der Waals surface area contributed by atoms with Gasteiger partial charge in [0.2, 0.25) is 5.91 Å². The van der Waals surface area contributed by atoms with Crippen LogP contribution >= 0.6 is 11.3 Å². The van der Waals surface area contributed by atoms with Crippen LogP contribution < -0.4 is 4.74 Å². The van der Waals surface area contributed by atoms with Crippen molar-refractivity contribution in [1.29, 1.82) is 0 Å². The van der Waals surface area contributed by atoms with Gasteiger partial charge in [0.1, 0.15) is 11.9 Å². The van der Waals surface area contributed by atoms with Crippen molar-refractivity contribution in [3.63, 3.8) is 0 Å². The van der Waals surface area contributed by atoms with Crippen LogP contribution in [0, 0.1) is 6.92 Å². The Morgan fingerprint density at radius 2 is 2.04 bits per heavy atom. The molecule has 2 heterocycles. The Morgan fingerprint density at radius 1 is 1.25 bits per heavy atom. The molecule has 1 aromatic heterocycles. The summed E-state index contributed by atoms with van der Waals surface area (Å²) in [4.78, 5) is 19.6. The van der Waals surface area contributed by atoms with E-state index in [1.807, 2.05) is 24.4 Å². The largest absolute Gasteiger partial charge is 0.488 e. The molecule has 0 N–H and O–H groups in total. The second-order valence-electron chi connectivity index (χ2n) is 7.74. The molecule has 2 aliphatic rings. The van der Waals surface area contributed by atoms with Crippen LogP contribution in [0.15, 0.2) is 29.6 Å². The number of amides is 1. The Hall–Kier alpha value is -1.92. The molecule has 0 spiro atoms. The van der Waals surface area contributed by atoms with Gasteiger partial charge in [-0.15, -0.1) is 11.3 Å². The van der Waals surface area contributed by atoms with Crippen LogP contribution in [0.1, 0.15) is 48.4 Å². The van der Waals surface area contributed by atoms with Crippen molar-refractivity contribution in [1.82, 2.24) is 9.88 Å². The number of thiazole rings is 1. The molecule has 150 valence electrons. The number of benzene rings is 1. The molecule has 6 heteroatoms. The van der Waals surface area contributed by atoms with E-state index in [1.54, 1.807) is 11.3 Å². The smallest absolute Gasteiger partial charge is 0.229 e. The van der Waals surface area contributed by atoms with Crippen molar-refractivity contribution >= 4 is 17.2 Å². The Morgan fingerprint density at radius 3 is 2.68 bits per heavy atom. The lowest BCUT2D eigenvalue weighted by Crippen LogP contribution is -2.39. The number of nitrogens with zero attached hydrogens (tertiary/aromatic N) is 2. The van der Waals surface area contributed by atoms with Gasteiger partial charge in [0, 0.05) is 24.4 Å². The van der Waals surface area contributed by atoms with Gasteiger partial charge in [-0.3, -0.25) is 4.79 Å². The second-order valence-corrected chi connectivity index (χ2v) is 8.80. The van der Waals surface area contributed by atoms with E-state index in [0.29, 0.717) is 25.6 Å². The lowest BCUT2D eigenvalue weighted by molar-refractivity contribution is -0.133. The lowest BCUT2D eigenvalue weighted by Gasteiger charge is -2.29. The maximum Gasteiger partial charge on any atom is 0.229 e. The van der Waals surface area contributed by atoms with Gasteiger partial charge >= 0.3 is 0 Å². The third-order valence-corrected chi connectivity index (χ3v) is 6.37. The molecule has 1 aliphatic carbocycles. The van der Waals surface area contributed by atoms with E-state index in [0.717, 1.165) is 47.9 Å². The van der Waals surface area contributed by atoms with E-state index in [2.05, 4.69) is 22.0 Å². The fourth-order valence-corrected chi connectivity index (χ4v) is 4.66. The van der Waals surface area contributed by atoms with E-state index in [4.69, 9.17) is 9.47 Å². The predicted octanol–water partition coefficient (Wildman–Crippen LogP) is 4.13. The molecular weight excluding hydrogens is 372 g/mol. The van der Waals surface area contributed by atoms with Crippen molar-refractivity contribution in [2.45, 2.75) is 64.1 Å². The molecule has 28 heavy (non-hydrogen) atoms. The highest BCUT2D eigenvalue weighted by Crippen LogP contribution is 2.27. The maximum atomic E-state index is 13.1. The fourth-order valence-electron chi connectivity index (χ4n) is 4.05. The predicted molar refractivity (Wildman–Crippen MR) is 110 cm³/mol. The lowest BCUT2D eigenvalue weighted by atomic mass is 10.1. The van der Waals surface area contributed by atoms with Crippen LogP contribution in [0.5, 0.6) is 5.75 Å². The molecule has 4 rings (SSSR count). The van der Waals surface area contributed by atoms with E-state index < -0.39 is 0 Å². The van der Waals surface area contributed by atoms with Gasteiger partial charge in [0.05, 0.1) is 30.3 Å². The highest BCUT2D eigenvalue weighted by atomic mass is 32.1. The standard InChI is InChI=1S/C22H28N2O3S/c1-16-23-18(15-28-16)12-22(25)24(19-4-2-3-5-19)13-17-6-8-20(9-7-17)27-21-10-11-26-14-21/h6-9,15,19,21H,2-5,10-14H2,1H3. The number of ether oxygens (including phenoxy) is 2. The average Bonchev–Trinajstić information content (AvgIpc) is 3.45. The molecule has 1 saturated carbocycles. The highest BCUT2D eigenvalue weighted by Gasteiger charge is 2.27. The Bertz CT molecular complexity index is 777. The number of aryl methyl sites for hydroxylation is 1. The first-order valence-corrected chi connectivity index (χ1v) is 11.1. The monoisotopic (exact) mass is 400 g/mol. The zero-order chi connectivity index (χ0) is 19.3. The third-order valence-electron chi connectivity index (χ3n) is 5.55. The first-order chi connectivity index (χ1) is 13.7. The van der Waals surface area contributed by atoms with Crippen LogP contribution in [-0.2, 0) is 22.5 Å². The normalized spacial score (nSPS) is 19.8. The number of hydrogen-bond donors (Lipinski definition) is 0. The van der Waals surface area contributed by atoms with E-state index in [9.17, 15) is 4.79 Å². The number of carbonyl (C=O) groups excluding carboxylic acids is 1. The third kappa shape index (κ3) is 4.92. The Kier molecular flexibility index (Phi) is 6.27. The summed E-state index contributed by atoms with van der Waals surface area (Å²) in [6.07, 6.45) is 6.12. The summed E-state index contributed by atoms with van der Waals surface area (Å²) in [5, 5.41) is 3.01. The van der Waals surface area contributed by atoms with Gasteiger partial charge in [-0.25, -0.2) is 4.98 Å². The van der Waals surface area contributed by atoms with Crippen LogP contribution in [-0.4, -0.2) is 41.2 Å². The number of aromatic nitrogens is 1. The quantitative estimate of drug-likeness (QED) is 0.701. The molecule has 1 aliphatic heterocycles. The fraction of sp³-hybridized carbons (Fsp3) is 0.545. The minimum Gasteiger partial charge on any atom is -0.488 e. The van der Waals surface area contributed by atoms with Crippen molar-refractivity contribution in [3.05, 3.63) is 45.9 Å². The zero-order valence-corrected chi connectivity index (χ0v) is 17.2. The van der Waals surface area contributed by atoms with Crippen LogP contribution in [0.2, 0.25) is 0 Å². The zero-order valence-electron chi connectivity index (χ0n) is 16.4.